The standard InChI is InChI=1S/C17H25N3O2.ClH/c1-12(2)10-19-17(22)14-7-3-4-8-15(14)20-16(21)13-6-5-9-18-11-13;/h3-4,7-8,12-13,18H,5-6,9-11H2,1-2H3,(H,19,22)(H,20,21);1H/t13-;/m1./s1. The van der Waals surface area contributed by atoms with E-state index in [4.69, 9.17) is 0 Å². The first kappa shape index (κ1) is 19.5. The second-order valence-corrected chi connectivity index (χ2v) is 6.18. The Morgan fingerprint density at radius 3 is 2.70 bits per heavy atom. The summed E-state index contributed by atoms with van der Waals surface area (Å²) in [5.41, 5.74) is 1.10. The van der Waals surface area contributed by atoms with E-state index in [9.17, 15) is 9.59 Å². The van der Waals surface area contributed by atoms with E-state index in [1.165, 1.54) is 0 Å². The highest BCUT2D eigenvalue weighted by Gasteiger charge is 2.22. The molecule has 1 fully saturated rings. The summed E-state index contributed by atoms with van der Waals surface area (Å²) in [6, 6.07) is 7.15. The van der Waals surface area contributed by atoms with Crippen molar-refractivity contribution in [2.45, 2.75) is 26.7 Å². The summed E-state index contributed by atoms with van der Waals surface area (Å²) in [4.78, 5) is 24.6. The fourth-order valence-corrected chi connectivity index (χ4v) is 2.49. The molecule has 128 valence electrons. The van der Waals surface area contributed by atoms with Crippen LogP contribution in [-0.4, -0.2) is 31.4 Å². The van der Waals surface area contributed by atoms with E-state index in [0.717, 1.165) is 19.4 Å². The van der Waals surface area contributed by atoms with Gasteiger partial charge in [-0.3, -0.25) is 9.59 Å². The molecule has 0 saturated carbocycles. The van der Waals surface area contributed by atoms with E-state index >= 15 is 0 Å². The van der Waals surface area contributed by atoms with Crippen LogP contribution in [0.4, 0.5) is 5.69 Å². The smallest absolute Gasteiger partial charge is 0.253 e. The van der Waals surface area contributed by atoms with Gasteiger partial charge in [-0.05, 0) is 37.4 Å². The molecule has 2 amide bonds. The number of rotatable bonds is 5. The number of anilines is 1. The van der Waals surface area contributed by atoms with Crippen LogP contribution >= 0.6 is 12.4 Å². The van der Waals surface area contributed by atoms with E-state index in [2.05, 4.69) is 16.0 Å². The van der Waals surface area contributed by atoms with E-state index in [1.807, 2.05) is 26.0 Å². The van der Waals surface area contributed by atoms with Crippen LogP contribution in [0.25, 0.3) is 0 Å². The van der Waals surface area contributed by atoms with Crippen LogP contribution in [0.3, 0.4) is 0 Å². The number of para-hydroxylation sites is 1. The number of halogens is 1. The number of carbonyl (C=O) groups excluding carboxylic acids is 2. The van der Waals surface area contributed by atoms with Gasteiger partial charge < -0.3 is 16.0 Å². The van der Waals surface area contributed by atoms with Gasteiger partial charge in [0.05, 0.1) is 17.2 Å². The number of carbonyl (C=O) groups is 2. The predicted octanol–water partition coefficient (Wildman–Crippen LogP) is 2.43. The topological polar surface area (TPSA) is 70.2 Å². The molecule has 0 radical (unpaired) electrons. The number of hydrogen-bond donors (Lipinski definition) is 3. The molecular formula is C17H26ClN3O2. The molecule has 0 spiro atoms. The molecule has 23 heavy (non-hydrogen) atoms. The molecule has 1 aromatic rings. The Morgan fingerprint density at radius 2 is 2.04 bits per heavy atom. The van der Waals surface area contributed by atoms with Crippen LogP contribution in [0.5, 0.6) is 0 Å². The molecule has 0 aromatic heterocycles. The van der Waals surface area contributed by atoms with Crippen molar-refractivity contribution in [3.05, 3.63) is 29.8 Å². The second kappa shape index (κ2) is 9.53. The molecule has 1 aliphatic rings. The quantitative estimate of drug-likeness (QED) is 0.771. The van der Waals surface area contributed by atoms with E-state index < -0.39 is 0 Å². The maximum Gasteiger partial charge on any atom is 0.253 e. The van der Waals surface area contributed by atoms with Crippen LogP contribution in [0.15, 0.2) is 24.3 Å². The fourth-order valence-electron chi connectivity index (χ4n) is 2.49. The Balaban J connectivity index is 0.00000264. The summed E-state index contributed by atoms with van der Waals surface area (Å²) in [6.45, 7) is 6.38. The maximum atomic E-state index is 12.3. The van der Waals surface area contributed by atoms with Gasteiger partial charge in [0.25, 0.3) is 5.91 Å². The number of piperidine rings is 1. The Morgan fingerprint density at radius 1 is 1.30 bits per heavy atom. The molecule has 5 nitrogen and oxygen atoms in total. The van der Waals surface area contributed by atoms with Crippen LogP contribution in [0.2, 0.25) is 0 Å². The predicted molar refractivity (Wildman–Crippen MR) is 95.1 cm³/mol. The Labute approximate surface area is 144 Å². The molecule has 1 heterocycles. The minimum Gasteiger partial charge on any atom is -0.352 e. The van der Waals surface area contributed by atoms with Gasteiger partial charge >= 0.3 is 0 Å². The molecule has 1 aromatic carbocycles. The lowest BCUT2D eigenvalue weighted by Gasteiger charge is -2.22. The van der Waals surface area contributed by atoms with Crippen molar-refractivity contribution in [1.29, 1.82) is 0 Å². The van der Waals surface area contributed by atoms with Crippen molar-refractivity contribution in [1.82, 2.24) is 10.6 Å². The lowest BCUT2D eigenvalue weighted by Crippen LogP contribution is -2.37. The van der Waals surface area contributed by atoms with E-state index in [-0.39, 0.29) is 30.1 Å². The highest BCUT2D eigenvalue weighted by atomic mass is 35.5. The molecule has 0 unspecified atom stereocenters. The highest BCUT2D eigenvalue weighted by Crippen LogP contribution is 2.18. The van der Waals surface area contributed by atoms with Crippen molar-refractivity contribution in [2.24, 2.45) is 11.8 Å². The molecule has 3 N–H and O–H groups in total. The van der Waals surface area contributed by atoms with Crippen molar-refractivity contribution < 1.29 is 9.59 Å². The summed E-state index contributed by atoms with van der Waals surface area (Å²) >= 11 is 0. The zero-order valence-corrected chi connectivity index (χ0v) is 14.5. The average Bonchev–Trinajstić information content (AvgIpc) is 2.54. The molecule has 6 heteroatoms. The Bertz CT molecular complexity index is 528. The third kappa shape index (κ3) is 5.84. The van der Waals surface area contributed by atoms with Crippen molar-refractivity contribution in [3.63, 3.8) is 0 Å². The third-order valence-electron chi connectivity index (χ3n) is 3.77. The molecule has 0 bridgehead atoms. The Hall–Kier alpha value is -1.59. The number of nitrogens with one attached hydrogen (secondary N) is 3. The molecule has 1 saturated heterocycles. The van der Waals surface area contributed by atoms with Gasteiger partial charge in [-0.1, -0.05) is 26.0 Å². The molecule has 2 rings (SSSR count). The zero-order valence-electron chi connectivity index (χ0n) is 13.7. The minimum atomic E-state index is -0.147. The van der Waals surface area contributed by atoms with Gasteiger partial charge in [-0.15, -0.1) is 12.4 Å². The van der Waals surface area contributed by atoms with E-state index in [0.29, 0.717) is 30.3 Å². The van der Waals surface area contributed by atoms with Crippen molar-refractivity contribution in [3.8, 4) is 0 Å². The highest BCUT2D eigenvalue weighted by molar-refractivity contribution is 6.04. The maximum absolute atomic E-state index is 12.3. The number of benzene rings is 1. The summed E-state index contributed by atoms with van der Waals surface area (Å²) in [6.07, 6.45) is 1.90. The van der Waals surface area contributed by atoms with Gasteiger partial charge in [0.15, 0.2) is 0 Å². The molecule has 1 aliphatic heterocycles. The zero-order chi connectivity index (χ0) is 15.9. The van der Waals surface area contributed by atoms with Crippen molar-refractivity contribution >= 4 is 29.9 Å². The molecular weight excluding hydrogens is 314 g/mol. The fraction of sp³-hybridized carbons (Fsp3) is 0.529. The van der Waals surface area contributed by atoms with Crippen molar-refractivity contribution in [2.75, 3.05) is 25.0 Å². The van der Waals surface area contributed by atoms with Gasteiger partial charge in [-0.2, -0.15) is 0 Å². The molecule has 0 aliphatic carbocycles. The van der Waals surface area contributed by atoms with Crippen LogP contribution < -0.4 is 16.0 Å². The number of hydrogen-bond acceptors (Lipinski definition) is 3. The first-order chi connectivity index (χ1) is 10.6. The first-order valence-electron chi connectivity index (χ1n) is 7.96. The first-order valence-corrected chi connectivity index (χ1v) is 7.96. The Kier molecular flexibility index (Phi) is 8.06. The third-order valence-corrected chi connectivity index (χ3v) is 3.77. The van der Waals surface area contributed by atoms with E-state index in [1.54, 1.807) is 12.1 Å². The largest absolute Gasteiger partial charge is 0.352 e. The number of amides is 2. The lowest BCUT2D eigenvalue weighted by molar-refractivity contribution is -0.120. The minimum absolute atomic E-state index is 0. The summed E-state index contributed by atoms with van der Waals surface area (Å²) in [5, 5.41) is 9.03. The molecule has 1 atom stereocenters. The SMILES string of the molecule is CC(C)CNC(=O)c1ccccc1NC(=O)[C@@H]1CCCNC1.Cl. The van der Waals surface area contributed by atoms with Gasteiger partial charge in [-0.25, -0.2) is 0 Å². The average molecular weight is 340 g/mol. The van der Waals surface area contributed by atoms with Gasteiger partial charge in [0, 0.05) is 13.1 Å². The van der Waals surface area contributed by atoms with Crippen LogP contribution in [0.1, 0.15) is 37.0 Å². The van der Waals surface area contributed by atoms with Gasteiger partial charge in [0.2, 0.25) is 5.91 Å². The van der Waals surface area contributed by atoms with Crippen LogP contribution in [-0.2, 0) is 4.79 Å². The van der Waals surface area contributed by atoms with Gasteiger partial charge in [0.1, 0.15) is 0 Å². The van der Waals surface area contributed by atoms with Crippen LogP contribution in [0, 0.1) is 11.8 Å². The monoisotopic (exact) mass is 339 g/mol. The second-order valence-electron chi connectivity index (χ2n) is 6.18. The summed E-state index contributed by atoms with van der Waals surface area (Å²) < 4.78 is 0. The summed E-state index contributed by atoms with van der Waals surface area (Å²) in [7, 11) is 0. The lowest BCUT2D eigenvalue weighted by atomic mass is 9.98. The summed E-state index contributed by atoms with van der Waals surface area (Å²) in [5.74, 6) is 0.197. The normalized spacial score (nSPS) is 17.3.